The van der Waals surface area contributed by atoms with E-state index in [0.717, 1.165) is 18.0 Å². The number of nitrogens with one attached hydrogen (secondary N) is 1. The first-order chi connectivity index (χ1) is 6.63. The summed E-state index contributed by atoms with van der Waals surface area (Å²) in [6.45, 7) is 5.84. The van der Waals surface area contributed by atoms with Crippen LogP contribution in [-0.4, -0.2) is 30.6 Å². The molecule has 1 N–H and O–H groups in total. The van der Waals surface area contributed by atoms with Crippen LogP contribution in [-0.2, 0) is 0 Å². The Labute approximate surface area is 102 Å². The Balaban J connectivity index is 2.26. The normalized spacial score (nSPS) is 28.7. The third-order valence-electron chi connectivity index (χ3n) is 3.13. The fourth-order valence-electron chi connectivity index (χ4n) is 2.35. The molecule has 1 aliphatic rings. The van der Waals surface area contributed by atoms with Gasteiger partial charge in [0.25, 0.3) is 0 Å². The van der Waals surface area contributed by atoms with E-state index in [1.807, 2.05) is 0 Å². The van der Waals surface area contributed by atoms with Crippen molar-refractivity contribution in [3.63, 3.8) is 0 Å². The predicted octanol–water partition coefficient (Wildman–Crippen LogP) is 2.83. The quantitative estimate of drug-likeness (QED) is 0.634. The highest BCUT2D eigenvalue weighted by molar-refractivity contribution is 14.1. The van der Waals surface area contributed by atoms with Crippen LogP contribution < -0.4 is 3.53 Å². The van der Waals surface area contributed by atoms with Crippen LogP contribution in [0, 0.1) is 5.92 Å². The van der Waals surface area contributed by atoms with Crippen LogP contribution in [0.5, 0.6) is 0 Å². The summed E-state index contributed by atoms with van der Waals surface area (Å²) in [7, 11) is 2.28. The molecule has 84 valence electrons. The molecule has 0 radical (unpaired) electrons. The second kappa shape index (κ2) is 6.28. The van der Waals surface area contributed by atoms with Crippen molar-refractivity contribution in [3.8, 4) is 0 Å². The third-order valence-corrected chi connectivity index (χ3v) is 4.01. The molecule has 3 heteroatoms. The molecule has 0 unspecified atom stereocenters. The van der Waals surface area contributed by atoms with Crippen molar-refractivity contribution >= 4 is 22.9 Å². The Kier molecular flexibility index (Phi) is 5.71. The lowest BCUT2D eigenvalue weighted by Gasteiger charge is -2.35. The van der Waals surface area contributed by atoms with Crippen LogP contribution in [0.25, 0.3) is 0 Å². The topological polar surface area (TPSA) is 15.3 Å². The predicted molar refractivity (Wildman–Crippen MR) is 70.7 cm³/mol. The van der Waals surface area contributed by atoms with Gasteiger partial charge in [-0.1, -0.05) is 13.8 Å². The Morgan fingerprint density at radius 2 is 1.86 bits per heavy atom. The molecule has 0 spiro atoms. The summed E-state index contributed by atoms with van der Waals surface area (Å²) in [4.78, 5) is 2.55. The smallest absolute Gasteiger partial charge is 0.0172 e. The van der Waals surface area contributed by atoms with Crippen LogP contribution in [0.3, 0.4) is 0 Å². The molecule has 0 saturated heterocycles. The summed E-state index contributed by atoms with van der Waals surface area (Å²) in [5.41, 5.74) is 0. The average Bonchev–Trinajstić information content (AvgIpc) is 2.17. The summed E-state index contributed by atoms with van der Waals surface area (Å²) in [5.74, 6) is 0.792. The Morgan fingerprint density at radius 3 is 2.29 bits per heavy atom. The highest BCUT2D eigenvalue weighted by Crippen LogP contribution is 2.23. The number of hydrogen-bond donors (Lipinski definition) is 1. The van der Waals surface area contributed by atoms with Crippen LogP contribution in [0.1, 0.15) is 39.5 Å². The van der Waals surface area contributed by atoms with Crippen LogP contribution in [0.2, 0.25) is 0 Å². The van der Waals surface area contributed by atoms with Gasteiger partial charge in [-0.25, -0.2) is 0 Å². The first kappa shape index (κ1) is 12.7. The molecule has 1 saturated carbocycles. The Morgan fingerprint density at radius 1 is 1.29 bits per heavy atom. The zero-order valence-corrected chi connectivity index (χ0v) is 11.8. The molecule has 0 bridgehead atoms. The van der Waals surface area contributed by atoms with Crippen molar-refractivity contribution in [1.82, 2.24) is 8.43 Å². The van der Waals surface area contributed by atoms with Crippen molar-refractivity contribution in [2.24, 2.45) is 5.92 Å². The minimum absolute atomic E-state index is 0.763. The Bertz CT molecular complexity index is 153. The monoisotopic (exact) mass is 310 g/mol. The summed E-state index contributed by atoms with van der Waals surface area (Å²) in [6, 6.07) is 1.60. The SMILES string of the molecule is CC(C)CN(C)C1CCC(NI)CC1. The minimum atomic E-state index is 0.763. The fourth-order valence-corrected chi connectivity index (χ4v) is 2.97. The van der Waals surface area contributed by atoms with Crippen molar-refractivity contribution in [2.45, 2.75) is 51.6 Å². The molecule has 0 amide bonds. The molecule has 0 aromatic heterocycles. The van der Waals surface area contributed by atoms with E-state index < -0.39 is 0 Å². The van der Waals surface area contributed by atoms with E-state index in [-0.39, 0.29) is 0 Å². The number of rotatable bonds is 4. The van der Waals surface area contributed by atoms with Gasteiger partial charge in [-0.15, -0.1) is 0 Å². The van der Waals surface area contributed by atoms with Crippen molar-refractivity contribution in [2.75, 3.05) is 13.6 Å². The second-order valence-corrected chi connectivity index (χ2v) is 5.57. The standard InChI is InChI=1S/C11H23IN2/c1-9(2)8-14(3)11-6-4-10(13-12)5-7-11/h9-11,13H,4-8H2,1-3H3. The minimum Gasteiger partial charge on any atom is -0.303 e. The van der Waals surface area contributed by atoms with Crippen LogP contribution in [0.4, 0.5) is 0 Å². The zero-order valence-electron chi connectivity index (χ0n) is 9.59. The van der Waals surface area contributed by atoms with Crippen LogP contribution in [0.15, 0.2) is 0 Å². The maximum absolute atomic E-state index is 3.36. The van der Waals surface area contributed by atoms with Gasteiger partial charge < -0.3 is 4.90 Å². The van der Waals surface area contributed by atoms with Gasteiger partial charge in [-0.3, -0.25) is 3.53 Å². The summed E-state index contributed by atoms with van der Waals surface area (Å²) >= 11 is 2.29. The molecular formula is C11H23IN2. The lowest BCUT2D eigenvalue weighted by atomic mass is 9.90. The second-order valence-electron chi connectivity index (χ2n) is 4.95. The van der Waals surface area contributed by atoms with E-state index in [4.69, 9.17) is 0 Å². The van der Waals surface area contributed by atoms with Crippen molar-refractivity contribution in [1.29, 1.82) is 0 Å². The molecule has 0 aromatic carbocycles. The molecule has 0 atom stereocenters. The van der Waals surface area contributed by atoms with Gasteiger partial charge in [0.1, 0.15) is 0 Å². The molecule has 1 fully saturated rings. The van der Waals surface area contributed by atoms with E-state index in [0.29, 0.717) is 0 Å². The average molecular weight is 310 g/mol. The molecule has 1 rings (SSSR count). The molecule has 1 aliphatic carbocycles. The maximum atomic E-state index is 3.36. The Hall–Kier alpha value is 0.650. The van der Waals surface area contributed by atoms with Crippen molar-refractivity contribution in [3.05, 3.63) is 0 Å². The van der Waals surface area contributed by atoms with Gasteiger partial charge in [0.15, 0.2) is 0 Å². The molecule has 0 heterocycles. The first-order valence-electron chi connectivity index (χ1n) is 5.70. The van der Waals surface area contributed by atoms with E-state index in [9.17, 15) is 0 Å². The van der Waals surface area contributed by atoms with E-state index in [1.54, 1.807) is 0 Å². The van der Waals surface area contributed by atoms with Gasteiger partial charge >= 0.3 is 0 Å². The van der Waals surface area contributed by atoms with Gasteiger partial charge in [-0.05, 0) is 38.6 Å². The van der Waals surface area contributed by atoms with Gasteiger partial charge in [0.05, 0.1) is 0 Å². The van der Waals surface area contributed by atoms with E-state index >= 15 is 0 Å². The van der Waals surface area contributed by atoms with Gasteiger partial charge in [0.2, 0.25) is 0 Å². The maximum Gasteiger partial charge on any atom is 0.0172 e. The molecule has 0 aliphatic heterocycles. The number of nitrogens with zero attached hydrogens (tertiary/aromatic N) is 1. The summed E-state index contributed by atoms with van der Waals surface area (Å²) < 4.78 is 3.36. The molecule has 0 aromatic rings. The number of hydrogen-bond acceptors (Lipinski definition) is 2. The van der Waals surface area contributed by atoms with E-state index in [1.165, 1.54) is 32.2 Å². The summed E-state index contributed by atoms with van der Waals surface area (Å²) in [5, 5.41) is 0. The zero-order chi connectivity index (χ0) is 10.6. The first-order valence-corrected chi connectivity index (χ1v) is 6.77. The van der Waals surface area contributed by atoms with Crippen LogP contribution >= 0.6 is 22.9 Å². The number of halogens is 1. The fraction of sp³-hybridized carbons (Fsp3) is 1.00. The largest absolute Gasteiger partial charge is 0.303 e. The summed E-state index contributed by atoms with van der Waals surface area (Å²) in [6.07, 6.45) is 5.42. The molecule has 2 nitrogen and oxygen atoms in total. The molecular weight excluding hydrogens is 287 g/mol. The lowest BCUT2D eigenvalue weighted by molar-refractivity contribution is 0.165. The van der Waals surface area contributed by atoms with Crippen molar-refractivity contribution < 1.29 is 0 Å². The lowest BCUT2D eigenvalue weighted by Crippen LogP contribution is -2.40. The molecule has 14 heavy (non-hydrogen) atoms. The van der Waals surface area contributed by atoms with Gasteiger partial charge in [0, 0.05) is 41.5 Å². The van der Waals surface area contributed by atoms with Gasteiger partial charge in [-0.2, -0.15) is 0 Å². The van der Waals surface area contributed by atoms with E-state index in [2.05, 4.69) is 52.2 Å². The highest BCUT2D eigenvalue weighted by atomic mass is 127. The third kappa shape index (κ3) is 4.03. The highest BCUT2D eigenvalue weighted by Gasteiger charge is 2.23.